The molecule has 0 fully saturated rings. The Kier molecular flexibility index (Phi) is 7.12. The maximum Gasteiger partial charge on any atom is 0.0726 e. The number of hydrogen-bond acceptors (Lipinski definition) is 1. The minimum absolute atomic E-state index is 0.148. The van der Waals surface area contributed by atoms with E-state index in [2.05, 4.69) is 233 Å². The van der Waals surface area contributed by atoms with Gasteiger partial charge in [-0.1, -0.05) is 198 Å². The molecule has 1 heteroatoms. The molecule has 0 heterocycles. The summed E-state index contributed by atoms with van der Waals surface area (Å²) in [6, 6.07) is 75.9. The second-order valence-corrected chi connectivity index (χ2v) is 18.8. The highest BCUT2D eigenvalue weighted by Crippen LogP contribution is 2.64. The van der Waals surface area contributed by atoms with Crippen LogP contribution in [0.5, 0.6) is 0 Å². The number of anilines is 3. The third-order valence-corrected chi connectivity index (χ3v) is 15.0. The van der Waals surface area contributed by atoms with Gasteiger partial charge in [-0.25, -0.2) is 0 Å². The highest BCUT2D eigenvalue weighted by atomic mass is 15.1. The molecule has 4 aliphatic rings. The SMILES string of the molecule is CC1(C)c2ccccc2-c2c(N(c3cc(-c4ccccc4)c4c(c3)-c3ccccc3C4(C)C)c3ccc4c(c3)C3(c5ccccc5-c5ccccc53)c3ccccc3-4)cccc21. The van der Waals surface area contributed by atoms with Crippen LogP contribution in [0, 0.1) is 0 Å². The highest BCUT2D eigenvalue weighted by molar-refractivity contribution is 6.01. The largest absolute Gasteiger partial charge is 0.310 e. The van der Waals surface area contributed by atoms with Crippen LogP contribution in [-0.4, -0.2) is 0 Å². The van der Waals surface area contributed by atoms with Crippen LogP contribution >= 0.6 is 0 Å². The van der Waals surface area contributed by atoms with E-state index in [0.717, 1.165) is 11.4 Å². The lowest BCUT2D eigenvalue weighted by Crippen LogP contribution is -2.26. The van der Waals surface area contributed by atoms with Crippen molar-refractivity contribution in [2.75, 3.05) is 4.90 Å². The van der Waals surface area contributed by atoms with Gasteiger partial charge < -0.3 is 4.90 Å². The van der Waals surface area contributed by atoms with Crippen molar-refractivity contribution < 1.29 is 0 Å². The van der Waals surface area contributed by atoms with Gasteiger partial charge in [0.05, 0.1) is 11.1 Å². The maximum absolute atomic E-state index is 2.60. The molecule has 0 bridgehead atoms. The average molecular weight is 792 g/mol. The Morgan fingerprint density at radius 1 is 0.306 bits per heavy atom. The Morgan fingerprint density at radius 2 is 0.774 bits per heavy atom. The van der Waals surface area contributed by atoms with Crippen molar-refractivity contribution in [1.29, 1.82) is 0 Å². The van der Waals surface area contributed by atoms with E-state index in [1.165, 1.54) is 106 Å². The lowest BCUT2D eigenvalue weighted by atomic mass is 9.70. The summed E-state index contributed by atoms with van der Waals surface area (Å²) in [5.74, 6) is 0. The van der Waals surface area contributed by atoms with Crippen molar-refractivity contribution in [3.05, 3.63) is 245 Å². The summed E-state index contributed by atoms with van der Waals surface area (Å²) in [5, 5.41) is 0. The van der Waals surface area contributed by atoms with E-state index >= 15 is 0 Å². The molecule has 1 spiro atoms. The van der Waals surface area contributed by atoms with Crippen LogP contribution in [0.25, 0.3) is 55.6 Å². The maximum atomic E-state index is 2.60. The fourth-order valence-corrected chi connectivity index (χ4v) is 12.5. The van der Waals surface area contributed by atoms with Crippen molar-refractivity contribution in [2.24, 2.45) is 0 Å². The summed E-state index contributed by atoms with van der Waals surface area (Å²) in [5.41, 5.74) is 26.7. The van der Waals surface area contributed by atoms with Crippen molar-refractivity contribution in [3.63, 3.8) is 0 Å². The molecule has 13 rings (SSSR count). The second kappa shape index (κ2) is 12.4. The fraction of sp³-hybridized carbons (Fsp3) is 0.115. The number of nitrogens with zero attached hydrogens (tertiary/aromatic N) is 1. The van der Waals surface area contributed by atoms with E-state index in [9.17, 15) is 0 Å². The van der Waals surface area contributed by atoms with Crippen molar-refractivity contribution in [1.82, 2.24) is 0 Å². The van der Waals surface area contributed by atoms with Crippen LogP contribution < -0.4 is 4.90 Å². The lowest BCUT2D eigenvalue weighted by molar-refractivity contribution is 0.660. The second-order valence-electron chi connectivity index (χ2n) is 18.8. The van der Waals surface area contributed by atoms with Crippen LogP contribution in [0.1, 0.15) is 72.2 Å². The van der Waals surface area contributed by atoms with E-state index in [1.54, 1.807) is 0 Å². The summed E-state index contributed by atoms with van der Waals surface area (Å²) >= 11 is 0. The van der Waals surface area contributed by atoms with Gasteiger partial charge in [0.1, 0.15) is 0 Å². The monoisotopic (exact) mass is 791 g/mol. The summed E-state index contributed by atoms with van der Waals surface area (Å²) < 4.78 is 0. The van der Waals surface area contributed by atoms with E-state index in [4.69, 9.17) is 0 Å². The van der Waals surface area contributed by atoms with Gasteiger partial charge >= 0.3 is 0 Å². The van der Waals surface area contributed by atoms with Crippen LogP contribution in [0.15, 0.2) is 200 Å². The normalized spacial score (nSPS) is 15.5. The van der Waals surface area contributed by atoms with Crippen LogP contribution in [0.4, 0.5) is 17.1 Å². The van der Waals surface area contributed by atoms with E-state index in [1.807, 2.05) is 0 Å². The smallest absolute Gasteiger partial charge is 0.0726 e. The first-order chi connectivity index (χ1) is 30.3. The molecule has 9 aromatic rings. The van der Waals surface area contributed by atoms with E-state index < -0.39 is 5.41 Å². The molecule has 0 aromatic heterocycles. The van der Waals surface area contributed by atoms with Crippen LogP contribution in [-0.2, 0) is 16.2 Å². The van der Waals surface area contributed by atoms with Gasteiger partial charge in [-0.05, 0) is 125 Å². The lowest BCUT2D eigenvalue weighted by Gasteiger charge is -2.33. The van der Waals surface area contributed by atoms with E-state index in [0.29, 0.717) is 0 Å². The van der Waals surface area contributed by atoms with Crippen molar-refractivity contribution >= 4 is 17.1 Å². The first kappa shape index (κ1) is 35.5. The number of fused-ring (bicyclic) bond motifs is 16. The number of benzene rings is 9. The Morgan fingerprint density at radius 3 is 1.39 bits per heavy atom. The minimum Gasteiger partial charge on any atom is -0.310 e. The Bertz CT molecular complexity index is 3300. The van der Waals surface area contributed by atoms with Crippen molar-refractivity contribution in [2.45, 2.75) is 43.9 Å². The molecule has 0 atom stereocenters. The molecule has 62 heavy (non-hydrogen) atoms. The third-order valence-electron chi connectivity index (χ3n) is 15.0. The fourth-order valence-electron chi connectivity index (χ4n) is 12.5. The van der Waals surface area contributed by atoms with Crippen LogP contribution in [0.3, 0.4) is 0 Å². The number of rotatable bonds is 4. The molecule has 294 valence electrons. The van der Waals surface area contributed by atoms with Gasteiger partial charge in [0, 0.05) is 27.8 Å². The molecule has 4 aliphatic carbocycles. The first-order valence-corrected chi connectivity index (χ1v) is 22.1. The molecule has 0 unspecified atom stereocenters. The van der Waals surface area contributed by atoms with Gasteiger partial charge in [0.15, 0.2) is 0 Å². The molecule has 0 aliphatic heterocycles. The average Bonchev–Trinajstić information content (AvgIpc) is 3.95. The minimum atomic E-state index is -0.454. The zero-order chi connectivity index (χ0) is 41.5. The molecular formula is C61H45N. The molecule has 9 aromatic carbocycles. The summed E-state index contributed by atoms with van der Waals surface area (Å²) in [7, 11) is 0. The predicted octanol–water partition coefficient (Wildman–Crippen LogP) is 15.8. The molecule has 0 amide bonds. The molecule has 0 saturated heterocycles. The molecule has 0 N–H and O–H groups in total. The Balaban J connectivity index is 1.15. The van der Waals surface area contributed by atoms with Gasteiger partial charge in [0.2, 0.25) is 0 Å². The van der Waals surface area contributed by atoms with E-state index in [-0.39, 0.29) is 10.8 Å². The van der Waals surface area contributed by atoms with Gasteiger partial charge in [-0.3, -0.25) is 0 Å². The molecule has 0 saturated carbocycles. The molecule has 0 radical (unpaired) electrons. The van der Waals surface area contributed by atoms with Gasteiger partial charge in [0.25, 0.3) is 0 Å². The van der Waals surface area contributed by atoms with Gasteiger partial charge in [-0.15, -0.1) is 0 Å². The predicted molar refractivity (Wildman–Crippen MR) is 258 cm³/mol. The topological polar surface area (TPSA) is 3.24 Å². The summed E-state index contributed by atoms with van der Waals surface area (Å²) in [6.07, 6.45) is 0. The molecule has 1 nitrogen and oxygen atoms in total. The highest BCUT2D eigenvalue weighted by Gasteiger charge is 2.52. The summed E-state index contributed by atoms with van der Waals surface area (Å²) in [4.78, 5) is 2.60. The summed E-state index contributed by atoms with van der Waals surface area (Å²) in [6.45, 7) is 9.58. The zero-order valence-electron chi connectivity index (χ0n) is 35.5. The number of hydrogen-bond donors (Lipinski definition) is 0. The van der Waals surface area contributed by atoms with Crippen LogP contribution in [0.2, 0.25) is 0 Å². The van der Waals surface area contributed by atoms with Gasteiger partial charge in [-0.2, -0.15) is 0 Å². The Hall–Kier alpha value is -7.22. The molecular weight excluding hydrogens is 747 g/mol. The third kappa shape index (κ3) is 4.43. The quantitative estimate of drug-likeness (QED) is 0.172. The standard InChI is InChI=1S/C61H45N/c1-59(2)50-27-14-12-25-46(50)57-54(59)31-18-32-56(57)62(40-35-47(38-19-6-5-7-20-38)58-48(36-40)44-24-8-13-26-49(44)60(58,3)4)39-33-34-45-43-23-11-17-30-53(43)61(55(45)37-39)51-28-15-9-21-41(51)42-22-10-16-29-52(42)61/h5-37H,1-4H3. The Labute approximate surface area is 364 Å². The first-order valence-electron chi connectivity index (χ1n) is 22.1. The zero-order valence-corrected chi connectivity index (χ0v) is 35.5. The van der Waals surface area contributed by atoms with Crippen molar-refractivity contribution in [3.8, 4) is 55.6 Å².